The zero-order chi connectivity index (χ0) is 37.1. The second-order valence-corrected chi connectivity index (χ2v) is 12.7. The summed E-state index contributed by atoms with van der Waals surface area (Å²) in [5, 5.41) is 11.6. The van der Waals surface area contributed by atoms with E-state index in [2.05, 4.69) is 83.0 Å². The number of nitrogens with one attached hydrogen (secondary N) is 1. The minimum atomic E-state index is -1.11. The first-order valence-corrected chi connectivity index (χ1v) is 17.1. The Morgan fingerprint density at radius 3 is 2.21 bits per heavy atom. The van der Waals surface area contributed by atoms with Crippen LogP contribution in [0, 0.1) is 10.1 Å². The van der Waals surface area contributed by atoms with Crippen molar-refractivity contribution >= 4 is 23.7 Å². The van der Waals surface area contributed by atoms with Crippen molar-refractivity contribution in [3.8, 4) is 0 Å². The molecule has 0 aromatic heterocycles. The van der Waals surface area contributed by atoms with E-state index in [9.17, 15) is 19.7 Å². The van der Waals surface area contributed by atoms with Crippen LogP contribution in [-0.2, 0) is 29.2 Å². The number of carbonyl (C=O) groups excluding carboxylic acids is 2. The zero-order valence-electron chi connectivity index (χ0n) is 29.7. The van der Waals surface area contributed by atoms with Gasteiger partial charge in [-0.05, 0) is 69.0 Å². The van der Waals surface area contributed by atoms with Crippen molar-refractivity contribution in [2.75, 3.05) is 33.9 Å². The van der Waals surface area contributed by atoms with Crippen molar-refractivity contribution < 1.29 is 38.3 Å². The van der Waals surface area contributed by atoms with E-state index in [1.54, 1.807) is 13.0 Å². The van der Waals surface area contributed by atoms with Crippen LogP contribution in [0.15, 0.2) is 114 Å². The number of nitro benzene ring substituents is 1. The van der Waals surface area contributed by atoms with E-state index >= 15 is 0 Å². The zero-order valence-corrected chi connectivity index (χ0v) is 29.7. The number of aliphatic imine (C=N–C) groups is 1. The summed E-state index contributed by atoms with van der Waals surface area (Å²) < 4.78 is 20.5. The predicted octanol–water partition coefficient (Wildman–Crippen LogP) is 7.19. The fourth-order valence-electron chi connectivity index (χ4n) is 6.91. The first kappa shape index (κ1) is 37.7. The molecule has 2 aliphatic rings. The molecule has 5 rings (SSSR count). The summed E-state index contributed by atoms with van der Waals surface area (Å²) in [5.74, 6) is -1.06. The van der Waals surface area contributed by atoms with Gasteiger partial charge in [0.25, 0.3) is 5.69 Å². The van der Waals surface area contributed by atoms with Gasteiger partial charge in [0.2, 0.25) is 0 Å². The van der Waals surface area contributed by atoms with Crippen LogP contribution in [0.2, 0.25) is 0 Å². The number of likely N-dealkylation sites (tertiary alicyclic amines) is 1. The van der Waals surface area contributed by atoms with E-state index in [4.69, 9.17) is 23.8 Å². The molecule has 2 aliphatic heterocycles. The predicted molar refractivity (Wildman–Crippen MR) is 194 cm³/mol. The summed E-state index contributed by atoms with van der Waals surface area (Å²) in [7, 11) is 2.29. The van der Waals surface area contributed by atoms with Crippen LogP contribution in [0.5, 0.6) is 0 Å². The van der Waals surface area contributed by atoms with E-state index in [1.165, 1.54) is 41.6 Å². The molecular weight excluding hydrogens is 668 g/mol. The van der Waals surface area contributed by atoms with E-state index in [1.807, 2.05) is 0 Å². The van der Waals surface area contributed by atoms with Crippen LogP contribution >= 0.6 is 0 Å². The molecule has 274 valence electrons. The van der Waals surface area contributed by atoms with Gasteiger partial charge in [-0.2, -0.15) is 0 Å². The fraction of sp³-hybridized carbons (Fsp3) is 0.359. The van der Waals surface area contributed by atoms with Crippen molar-refractivity contribution in [1.82, 2.24) is 10.4 Å². The van der Waals surface area contributed by atoms with Crippen molar-refractivity contribution in [3.63, 3.8) is 0 Å². The Morgan fingerprint density at radius 1 is 0.981 bits per heavy atom. The number of carbonyl (C=O) groups is 2. The molecule has 3 aromatic rings. The molecule has 0 saturated carbocycles. The van der Waals surface area contributed by atoms with Crippen LogP contribution < -0.4 is 5.48 Å². The van der Waals surface area contributed by atoms with Gasteiger partial charge in [-0.1, -0.05) is 72.8 Å². The first-order chi connectivity index (χ1) is 25.2. The van der Waals surface area contributed by atoms with Crippen molar-refractivity contribution in [1.29, 1.82) is 0 Å². The Labute approximate surface area is 303 Å². The monoisotopic (exact) mass is 712 g/mol. The molecule has 2 heterocycles. The van der Waals surface area contributed by atoms with Crippen LogP contribution in [0.1, 0.15) is 55.7 Å². The SMILES string of the molecule is COC(=O)OC1=C(C=CNOCCC(C)N2CCC(c3ccccc3)(c3ccccc3)CC2)N=C(C)C(OC(=O)OC)C1c1cccc([N+](=O)[O-])c1. The van der Waals surface area contributed by atoms with Gasteiger partial charge in [0, 0.05) is 29.8 Å². The van der Waals surface area contributed by atoms with Gasteiger partial charge >= 0.3 is 12.3 Å². The Balaban J connectivity index is 1.25. The molecule has 3 atom stereocenters. The quantitative estimate of drug-likeness (QED) is 0.0830. The number of ether oxygens (including phenoxy) is 4. The molecule has 3 aromatic carbocycles. The van der Waals surface area contributed by atoms with Crippen LogP contribution in [0.3, 0.4) is 0 Å². The molecule has 52 heavy (non-hydrogen) atoms. The topological polar surface area (TPSA) is 151 Å². The smallest absolute Gasteiger partial charge is 0.438 e. The minimum Gasteiger partial charge on any atom is -0.438 e. The van der Waals surface area contributed by atoms with Gasteiger partial charge < -0.3 is 23.8 Å². The molecular formula is C39H44N4O9. The number of hydrogen-bond donors (Lipinski definition) is 1. The number of rotatable bonds is 13. The summed E-state index contributed by atoms with van der Waals surface area (Å²) >= 11 is 0. The molecule has 1 fully saturated rings. The van der Waals surface area contributed by atoms with Gasteiger partial charge in [-0.15, -0.1) is 0 Å². The standard InChI is InChI=1S/C39H44N4O9/c1-27(42-23-20-39(21-24-42,30-13-7-5-8-14-30)31-15-9-6-10-16-31)19-25-50-40-22-18-33-36(52-38(45)49-4)34(29-12-11-17-32(26-29)43(46)47)35(28(2)41-33)51-37(44)48-3/h5-18,22,26-27,34-35,40H,19-21,23-25H2,1-4H3. The Bertz CT molecular complexity index is 1750. The highest BCUT2D eigenvalue weighted by atomic mass is 16.7. The number of non-ortho nitro benzene ring substituents is 1. The lowest BCUT2D eigenvalue weighted by atomic mass is 9.68. The number of piperidine rings is 1. The maximum absolute atomic E-state index is 12.4. The highest BCUT2D eigenvalue weighted by molar-refractivity contribution is 5.92. The van der Waals surface area contributed by atoms with Gasteiger partial charge in [0.05, 0.1) is 37.4 Å². The van der Waals surface area contributed by atoms with E-state index in [0.717, 1.165) is 46.6 Å². The Kier molecular flexibility index (Phi) is 12.8. The van der Waals surface area contributed by atoms with Gasteiger partial charge in [-0.3, -0.25) is 25.4 Å². The number of nitro groups is 1. The summed E-state index contributed by atoms with van der Waals surface area (Å²) in [6, 6.07) is 27.5. The number of benzene rings is 3. The highest BCUT2D eigenvalue weighted by Crippen LogP contribution is 2.42. The minimum absolute atomic E-state index is 0.0215. The fourth-order valence-corrected chi connectivity index (χ4v) is 6.91. The summed E-state index contributed by atoms with van der Waals surface area (Å²) in [6.07, 6.45) is 2.66. The molecule has 13 nitrogen and oxygen atoms in total. The third kappa shape index (κ3) is 8.85. The molecule has 0 spiro atoms. The highest BCUT2D eigenvalue weighted by Gasteiger charge is 2.41. The first-order valence-electron chi connectivity index (χ1n) is 17.1. The molecule has 0 radical (unpaired) electrons. The second-order valence-electron chi connectivity index (χ2n) is 12.7. The molecule has 3 unspecified atom stereocenters. The molecule has 0 bridgehead atoms. The van der Waals surface area contributed by atoms with Gasteiger partial charge in [0.15, 0.2) is 6.10 Å². The summed E-state index contributed by atoms with van der Waals surface area (Å²) in [5.41, 5.74) is 6.14. The second kappa shape index (κ2) is 17.6. The normalized spacial score (nSPS) is 19.3. The number of nitrogens with zero attached hydrogens (tertiary/aromatic N) is 3. The maximum atomic E-state index is 12.4. The average Bonchev–Trinajstić information content (AvgIpc) is 3.18. The summed E-state index contributed by atoms with van der Waals surface area (Å²) in [6.45, 7) is 6.16. The lowest BCUT2D eigenvalue weighted by Gasteiger charge is -2.44. The summed E-state index contributed by atoms with van der Waals surface area (Å²) in [4.78, 5) is 48.4. The Hall–Kier alpha value is -5.53. The van der Waals surface area contributed by atoms with Crippen LogP contribution in [0.4, 0.5) is 15.3 Å². The van der Waals surface area contributed by atoms with E-state index < -0.39 is 29.3 Å². The number of methoxy groups -OCH3 is 2. The van der Waals surface area contributed by atoms with E-state index in [0.29, 0.717) is 17.9 Å². The molecule has 1 saturated heterocycles. The Morgan fingerprint density at radius 2 is 1.62 bits per heavy atom. The third-order valence-electron chi connectivity index (χ3n) is 9.69. The van der Waals surface area contributed by atoms with Crippen molar-refractivity contribution in [3.05, 3.63) is 135 Å². The lowest BCUT2D eigenvalue weighted by molar-refractivity contribution is -0.384. The van der Waals surface area contributed by atoms with E-state index in [-0.39, 0.29) is 28.6 Å². The number of allylic oxidation sites excluding steroid dienone is 1. The van der Waals surface area contributed by atoms with Crippen LogP contribution in [-0.4, -0.2) is 73.9 Å². The molecule has 0 aliphatic carbocycles. The van der Waals surface area contributed by atoms with Crippen molar-refractivity contribution in [2.24, 2.45) is 4.99 Å². The average molecular weight is 713 g/mol. The number of hydroxylamine groups is 1. The lowest BCUT2D eigenvalue weighted by Crippen LogP contribution is -2.47. The van der Waals surface area contributed by atoms with Gasteiger partial charge in [-0.25, -0.2) is 9.59 Å². The van der Waals surface area contributed by atoms with Gasteiger partial charge in [0.1, 0.15) is 11.5 Å². The van der Waals surface area contributed by atoms with Crippen molar-refractivity contribution in [2.45, 2.75) is 56.6 Å². The largest absolute Gasteiger partial charge is 0.513 e. The molecule has 13 heteroatoms. The maximum Gasteiger partial charge on any atom is 0.513 e. The van der Waals surface area contributed by atoms with Crippen LogP contribution in [0.25, 0.3) is 0 Å². The molecule has 0 amide bonds. The number of hydrogen-bond acceptors (Lipinski definition) is 12. The third-order valence-corrected chi connectivity index (χ3v) is 9.69. The molecule has 1 N–H and O–H groups in total.